The molecule has 9 heteroatoms. The van der Waals surface area contributed by atoms with Crippen LogP contribution in [0.3, 0.4) is 0 Å². The average molecular weight is 347 g/mol. The van der Waals surface area contributed by atoms with Gasteiger partial charge in [0, 0.05) is 0 Å². The van der Waals surface area contributed by atoms with Crippen LogP contribution in [0.4, 0.5) is 0 Å². The lowest BCUT2D eigenvalue weighted by molar-refractivity contribution is 0.0943. The Kier molecular flexibility index (Phi) is 4.03. The van der Waals surface area contributed by atoms with Crippen LogP contribution < -0.4 is 14.2 Å². The second kappa shape index (κ2) is 5.80. The van der Waals surface area contributed by atoms with Gasteiger partial charge in [-0.2, -0.15) is 0 Å². The minimum absolute atomic E-state index is 0.0737. The average Bonchev–Trinajstić information content (AvgIpc) is 2.92. The molecular weight excluding hydrogens is 336 g/mol. The third kappa shape index (κ3) is 3.29. The molecule has 0 saturated heterocycles. The van der Waals surface area contributed by atoms with E-state index in [9.17, 15) is 8.42 Å². The number of thiazole rings is 1. The number of halogens is 1. The number of sulfonamides is 1. The van der Waals surface area contributed by atoms with Crippen LogP contribution >= 0.6 is 22.9 Å². The maximum absolute atomic E-state index is 12.0. The summed E-state index contributed by atoms with van der Waals surface area (Å²) in [6.07, 6.45) is 0.834. The number of rotatable bonds is 4. The molecule has 0 aliphatic carbocycles. The number of nitrogens with one attached hydrogen (secondary N) is 1. The van der Waals surface area contributed by atoms with Crippen molar-refractivity contribution in [1.82, 2.24) is 9.71 Å². The van der Waals surface area contributed by atoms with Crippen LogP contribution in [0.25, 0.3) is 0 Å². The zero-order valence-corrected chi connectivity index (χ0v) is 13.0. The normalized spacial score (nSPS) is 17.7. The Bertz CT molecular complexity index is 747. The van der Waals surface area contributed by atoms with E-state index in [1.165, 1.54) is 6.20 Å². The molecule has 1 N–H and O–H groups in total. The first-order chi connectivity index (χ1) is 10.0. The zero-order valence-electron chi connectivity index (χ0n) is 10.7. The van der Waals surface area contributed by atoms with Crippen molar-refractivity contribution in [3.63, 3.8) is 0 Å². The van der Waals surface area contributed by atoms with E-state index in [-0.39, 0.29) is 21.8 Å². The van der Waals surface area contributed by atoms with Crippen molar-refractivity contribution in [1.29, 1.82) is 0 Å². The first-order valence-electron chi connectivity index (χ1n) is 6.04. The van der Waals surface area contributed by atoms with Gasteiger partial charge in [-0.1, -0.05) is 35.1 Å². The van der Waals surface area contributed by atoms with Gasteiger partial charge in [0.2, 0.25) is 0 Å². The van der Waals surface area contributed by atoms with Gasteiger partial charge in [-0.15, -0.1) is 0 Å². The highest BCUT2D eigenvalue weighted by molar-refractivity contribution is 7.91. The molecular formula is C12H11ClN2O4S2. The number of aromatic nitrogens is 1. The van der Waals surface area contributed by atoms with Crippen LogP contribution in [0.5, 0.6) is 11.5 Å². The summed E-state index contributed by atoms with van der Waals surface area (Å²) in [5.41, 5.74) is 0. The first kappa shape index (κ1) is 14.6. The van der Waals surface area contributed by atoms with E-state index in [2.05, 4.69) is 9.71 Å². The van der Waals surface area contributed by atoms with Crippen LogP contribution in [0.15, 0.2) is 34.7 Å². The molecule has 1 unspecified atom stereocenters. The molecule has 0 bridgehead atoms. The number of fused-ring (bicyclic) bond motifs is 1. The molecule has 21 heavy (non-hydrogen) atoms. The van der Waals surface area contributed by atoms with Crippen molar-refractivity contribution >= 4 is 33.0 Å². The Morgan fingerprint density at radius 1 is 1.38 bits per heavy atom. The lowest BCUT2D eigenvalue weighted by Gasteiger charge is -2.26. The van der Waals surface area contributed by atoms with E-state index < -0.39 is 16.1 Å². The van der Waals surface area contributed by atoms with E-state index in [0.717, 1.165) is 11.3 Å². The highest BCUT2D eigenvalue weighted by Crippen LogP contribution is 2.30. The van der Waals surface area contributed by atoms with Gasteiger partial charge in [-0.05, 0) is 12.1 Å². The molecule has 1 atom stereocenters. The molecule has 1 aromatic carbocycles. The maximum Gasteiger partial charge on any atom is 0.251 e. The molecule has 0 saturated carbocycles. The SMILES string of the molecule is O=S(=O)(NCC1COc2ccccc2O1)c1cnc(Cl)s1. The lowest BCUT2D eigenvalue weighted by atomic mass is 10.2. The van der Waals surface area contributed by atoms with Gasteiger partial charge < -0.3 is 9.47 Å². The Labute approximate surface area is 130 Å². The molecule has 112 valence electrons. The van der Waals surface area contributed by atoms with Gasteiger partial charge >= 0.3 is 0 Å². The first-order valence-corrected chi connectivity index (χ1v) is 8.72. The van der Waals surface area contributed by atoms with E-state index in [1.54, 1.807) is 12.1 Å². The summed E-state index contributed by atoms with van der Waals surface area (Å²) in [4.78, 5) is 3.72. The summed E-state index contributed by atoms with van der Waals surface area (Å²) < 4.78 is 38.0. The van der Waals surface area contributed by atoms with Gasteiger partial charge in [0.1, 0.15) is 12.7 Å². The molecule has 6 nitrogen and oxygen atoms in total. The van der Waals surface area contributed by atoms with Gasteiger partial charge in [-0.25, -0.2) is 18.1 Å². The summed E-state index contributed by atoms with van der Waals surface area (Å²) in [5.74, 6) is 1.26. The highest BCUT2D eigenvalue weighted by Gasteiger charge is 2.24. The molecule has 1 aliphatic heterocycles. The Morgan fingerprint density at radius 3 is 2.86 bits per heavy atom. The molecule has 0 amide bonds. The van der Waals surface area contributed by atoms with Gasteiger partial charge in [0.05, 0.1) is 12.7 Å². The summed E-state index contributed by atoms with van der Waals surface area (Å²) in [6, 6.07) is 7.25. The van der Waals surface area contributed by atoms with Crippen LogP contribution in [0.1, 0.15) is 0 Å². The number of hydrogen-bond donors (Lipinski definition) is 1. The second-order valence-electron chi connectivity index (χ2n) is 4.28. The van der Waals surface area contributed by atoms with Crippen molar-refractivity contribution in [2.75, 3.05) is 13.2 Å². The van der Waals surface area contributed by atoms with Crippen LogP contribution in [0, 0.1) is 0 Å². The second-order valence-corrected chi connectivity index (χ2v) is 7.89. The number of benzene rings is 1. The highest BCUT2D eigenvalue weighted by atomic mass is 35.5. The number of para-hydroxylation sites is 2. The predicted molar refractivity (Wildman–Crippen MR) is 78.7 cm³/mol. The summed E-state index contributed by atoms with van der Waals surface area (Å²) in [5, 5.41) is 0. The van der Waals surface area contributed by atoms with E-state index in [1.807, 2.05) is 12.1 Å². The van der Waals surface area contributed by atoms with E-state index in [0.29, 0.717) is 11.5 Å². The Balaban J connectivity index is 1.64. The number of hydrogen-bond acceptors (Lipinski definition) is 6. The third-order valence-electron chi connectivity index (χ3n) is 2.79. The van der Waals surface area contributed by atoms with Crippen molar-refractivity contribution in [3.05, 3.63) is 34.9 Å². The number of ether oxygens (including phenoxy) is 2. The molecule has 1 aromatic heterocycles. The Morgan fingerprint density at radius 2 is 2.14 bits per heavy atom. The topological polar surface area (TPSA) is 77.5 Å². The minimum atomic E-state index is -3.63. The Hall–Kier alpha value is -1.35. The fraction of sp³-hybridized carbons (Fsp3) is 0.250. The van der Waals surface area contributed by atoms with Gasteiger partial charge in [-0.3, -0.25) is 0 Å². The molecule has 3 rings (SSSR count). The number of nitrogens with zero attached hydrogens (tertiary/aromatic N) is 1. The molecule has 0 radical (unpaired) electrons. The molecule has 0 spiro atoms. The van der Waals surface area contributed by atoms with Crippen molar-refractivity contribution in [2.45, 2.75) is 10.3 Å². The summed E-state index contributed by atoms with van der Waals surface area (Å²) >= 11 is 6.54. The van der Waals surface area contributed by atoms with Gasteiger partial charge in [0.15, 0.2) is 20.2 Å². The smallest absolute Gasteiger partial charge is 0.251 e. The molecule has 2 heterocycles. The summed E-state index contributed by atoms with van der Waals surface area (Å²) in [6.45, 7) is 0.384. The monoisotopic (exact) mass is 346 g/mol. The van der Waals surface area contributed by atoms with Crippen LogP contribution in [0.2, 0.25) is 4.47 Å². The lowest BCUT2D eigenvalue weighted by Crippen LogP contribution is -2.40. The maximum atomic E-state index is 12.0. The fourth-order valence-electron chi connectivity index (χ4n) is 1.80. The third-order valence-corrected chi connectivity index (χ3v) is 5.79. The summed E-state index contributed by atoms with van der Waals surface area (Å²) in [7, 11) is -3.63. The minimum Gasteiger partial charge on any atom is -0.486 e. The fourth-order valence-corrected chi connectivity index (χ4v) is 4.20. The van der Waals surface area contributed by atoms with Crippen molar-refractivity contribution in [2.24, 2.45) is 0 Å². The molecule has 0 fully saturated rings. The quantitative estimate of drug-likeness (QED) is 0.915. The van der Waals surface area contributed by atoms with Crippen LogP contribution in [-0.4, -0.2) is 32.7 Å². The standard InChI is InChI=1S/C12H11ClN2O4S2/c13-12-14-6-11(20-12)21(16,17)15-5-8-7-18-9-3-1-2-4-10(9)19-8/h1-4,6,8,15H,5,7H2. The van der Waals surface area contributed by atoms with Crippen molar-refractivity contribution in [3.8, 4) is 11.5 Å². The van der Waals surface area contributed by atoms with Crippen LogP contribution in [-0.2, 0) is 10.0 Å². The largest absolute Gasteiger partial charge is 0.486 e. The van der Waals surface area contributed by atoms with Gasteiger partial charge in [0.25, 0.3) is 10.0 Å². The zero-order chi connectivity index (χ0) is 14.9. The van der Waals surface area contributed by atoms with E-state index >= 15 is 0 Å². The molecule has 2 aromatic rings. The van der Waals surface area contributed by atoms with E-state index in [4.69, 9.17) is 21.1 Å². The molecule has 1 aliphatic rings. The van der Waals surface area contributed by atoms with Crippen molar-refractivity contribution < 1.29 is 17.9 Å². The predicted octanol–water partition coefficient (Wildman–Crippen LogP) is 1.91.